The molecule has 0 bridgehead atoms. The van der Waals surface area contributed by atoms with Crippen molar-refractivity contribution < 1.29 is 29.7 Å². The van der Waals surface area contributed by atoms with Gasteiger partial charge in [0.2, 0.25) is 0 Å². The molecule has 1 heterocycles. The minimum Gasteiger partial charge on any atom is -0.478 e. The quantitative estimate of drug-likeness (QED) is 0.711. The van der Waals surface area contributed by atoms with E-state index in [-0.39, 0.29) is 16.8 Å². The molecule has 7 heteroatoms. The Labute approximate surface area is 95.3 Å². The highest BCUT2D eigenvalue weighted by Crippen LogP contribution is 2.20. The minimum atomic E-state index is -1.52. The Morgan fingerprint density at radius 3 is 1.71 bits per heavy atom. The highest BCUT2D eigenvalue weighted by atomic mass is 16.4. The molecule has 17 heavy (non-hydrogen) atoms. The molecule has 0 radical (unpaired) electrons. The molecule has 1 aromatic heterocycles. The zero-order valence-electron chi connectivity index (χ0n) is 9.01. The van der Waals surface area contributed by atoms with Gasteiger partial charge >= 0.3 is 17.9 Å². The molecular formula is C10H9NO6. The summed E-state index contributed by atoms with van der Waals surface area (Å²) in [5.74, 6) is -4.37. The average molecular weight is 239 g/mol. The third-order valence-corrected chi connectivity index (χ3v) is 2.26. The third-order valence-electron chi connectivity index (χ3n) is 2.26. The van der Waals surface area contributed by atoms with Gasteiger partial charge < -0.3 is 15.3 Å². The van der Waals surface area contributed by atoms with Crippen LogP contribution in [0, 0.1) is 13.8 Å². The summed E-state index contributed by atoms with van der Waals surface area (Å²) in [5.41, 5.74) is -1.68. The van der Waals surface area contributed by atoms with Crippen molar-refractivity contribution in [3.05, 3.63) is 28.1 Å². The smallest absolute Gasteiger partial charge is 0.355 e. The third kappa shape index (κ3) is 2.07. The van der Waals surface area contributed by atoms with Gasteiger partial charge in [0, 0.05) is 0 Å². The lowest BCUT2D eigenvalue weighted by atomic mass is 9.99. The van der Waals surface area contributed by atoms with Crippen LogP contribution in [0.15, 0.2) is 0 Å². The second-order valence-electron chi connectivity index (χ2n) is 3.34. The number of carboxylic acids is 3. The van der Waals surface area contributed by atoms with Crippen molar-refractivity contribution in [1.29, 1.82) is 0 Å². The van der Waals surface area contributed by atoms with Crippen molar-refractivity contribution in [2.45, 2.75) is 13.8 Å². The number of rotatable bonds is 3. The maximum atomic E-state index is 10.9. The van der Waals surface area contributed by atoms with Gasteiger partial charge in [-0.2, -0.15) is 0 Å². The number of carboxylic acid groups (broad SMARTS) is 3. The van der Waals surface area contributed by atoms with Crippen LogP contribution in [-0.4, -0.2) is 38.2 Å². The molecule has 0 amide bonds. The Morgan fingerprint density at radius 1 is 0.882 bits per heavy atom. The molecule has 0 aromatic carbocycles. The molecule has 0 spiro atoms. The van der Waals surface area contributed by atoms with E-state index in [1.165, 1.54) is 13.8 Å². The topological polar surface area (TPSA) is 125 Å². The minimum absolute atomic E-state index is 0.0302. The molecule has 7 nitrogen and oxygen atoms in total. The van der Waals surface area contributed by atoms with Crippen LogP contribution in [0.4, 0.5) is 0 Å². The fourth-order valence-corrected chi connectivity index (χ4v) is 1.59. The summed E-state index contributed by atoms with van der Waals surface area (Å²) in [7, 11) is 0. The zero-order valence-corrected chi connectivity index (χ0v) is 9.01. The number of hydrogen-bond donors (Lipinski definition) is 3. The lowest BCUT2D eigenvalue weighted by Gasteiger charge is -2.10. The molecule has 3 N–H and O–H groups in total. The van der Waals surface area contributed by atoms with E-state index in [9.17, 15) is 14.4 Å². The van der Waals surface area contributed by atoms with Crippen molar-refractivity contribution in [2.24, 2.45) is 0 Å². The number of hydrogen-bond acceptors (Lipinski definition) is 4. The molecule has 0 unspecified atom stereocenters. The van der Waals surface area contributed by atoms with Crippen LogP contribution < -0.4 is 0 Å². The van der Waals surface area contributed by atoms with Gasteiger partial charge in [0.15, 0.2) is 5.69 Å². The molecular weight excluding hydrogens is 230 g/mol. The van der Waals surface area contributed by atoms with Crippen LogP contribution in [0.2, 0.25) is 0 Å². The van der Waals surface area contributed by atoms with Crippen molar-refractivity contribution in [1.82, 2.24) is 4.98 Å². The highest BCUT2D eigenvalue weighted by Gasteiger charge is 2.26. The Balaban J connectivity index is 3.76. The standard InChI is InChI=1S/C10H9NO6/c1-3-5(8(12)13)4(2)11-7(10(16)17)6(3)9(14)15/h1-2H3,(H,12,13)(H,14,15)(H,16,17). The number of aromatic nitrogens is 1. The predicted molar refractivity (Wildman–Crippen MR) is 54.6 cm³/mol. The summed E-state index contributed by atoms with van der Waals surface area (Å²) < 4.78 is 0. The summed E-state index contributed by atoms with van der Waals surface area (Å²) in [6.07, 6.45) is 0. The van der Waals surface area contributed by atoms with Gasteiger partial charge in [0.05, 0.1) is 16.8 Å². The molecule has 1 rings (SSSR count). The molecule has 1 aromatic rings. The Hall–Kier alpha value is -2.44. The largest absolute Gasteiger partial charge is 0.478 e. The maximum Gasteiger partial charge on any atom is 0.355 e. The average Bonchev–Trinajstić information content (AvgIpc) is 2.14. The Bertz CT molecular complexity index is 534. The lowest BCUT2D eigenvalue weighted by molar-refractivity contribution is 0.0642. The summed E-state index contributed by atoms with van der Waals surface area (Å²) >= 11 is 0. The molecule has 0 aliphatic carbocycles. The fraction of sp³-hybridized carbons (Fsp3) is 0.200. The SMILES string of the molecule is Cc1nc(C(=O)O)c(C(=O)O)c(C)c1C(=O)O. The summed E-state index contributed by atoms with van der Waals surface area (Å²) in [6.45, 7) is 2.56. The highest BCUT2D eigenvalue weighted by molar-refractivity contribution is 6.04. The first kappa shape index (κ1) is 12.6. The van der Waals surface area contributed by atoms with E-state index in [0.717, 1.165) is 0 Å². The van der Waals surface area contributed by atoms with Gasteiger partial charge in [-0.15, -0.1) is 0 Å². The molecule has 0 aliphatic rings. The Morgan fingerprint density at radius 2 is 1.35 bits per heavy atom. The normalized spacial score (nSPS) is 10.0. The van der Waals surface area contributed by atoms with E-state index < -0.39 is 29.2 Å². The first-order valence-electron chi connectivity index (χ1n) is 4.48. The molecule has 90 valence electrons. The van der Waals surface area contributed by atoms with E-state index in [1.54, 1.807) is 0 Å². The monoisotopic (exact) mass is 239 g/mol. The molecule has 0 saturated heterocycles. The summed E-state index contributed by atoms with van der Waals surface area (Å²) in [6, 6.07) is 0. The van der Waals surface area contributed by atoms with Gasteiger partial charge in [0.1, 0.15) is 0 Å². The summed E-state index contributed by atoms with van der Waals surface area (Å²) in [4.78, 5) is 36.2. The van der Waals surface area contributed by atoms with Crippen LogP contribution in [0.3, 0.4) is 0 Å². The summed E-state index contributed by atoms with van der Waals surface area (Å²) in [5, 5.41) is 26.6. The second kappa shape index (κ2) is 4.20. The first-order chi connectivity index (χ1) is 7.77. The number of carbonyl (C=O) groups is 3. The predicted octanol–water partition coefficient (Wildman–Crippen LogP) is 0.793. The van der Waals surface area contributed by atoms with Gasteiger partial charge in [-0.3, -0.25) is 0 Å². The molecule has 0 aliphatic heterocycles. The molecule has 0 fully saturated rings. The van der Waals surface area contributed by atoms with Crippen LogP contribution in [0.25, 0.3) is 0 Å². The van der Waals surface area contributed by atoms with Gasteiger partial charge in [-0.05, 0) is 19.4 Å². The van der Waals surface area contributed by atoms with Crippen LogP contribution in [0.1, 0.15) is 42.5 Å². The first-order valence-corrected chi connectivity index (χ1v) is 4.48. The van der Waals surface area contributed by atoms with Crippen molar-refractivity contribution in [3.8, 4) is 0 Å². The number of pyridine rings is 1. The number of aromatic carboxylic acids is 3. The lowest BCUT2D eigenvalue weighted by Crippen LogP contribution is -2.18. The molecule has 0 atom stereocenters. The van der Waals surface area contributed by atoms with Crippen molar-refractivity contribution in [3.63, 3.8) is 0 Å². The van der Waals surface area contributed by atoms with E-state index in [1.807, 2.05) is 0 Å². The Kier molecular flexibility index (Phi) is 3.12. The van der Waals surface area contributed by atoms with Gasteiger partial charge in [-0.1, -0.05) is 0 Å². The van der Waals surface area contributed by atoms with E-state index in [4.69, 9.17) is 15.3 Å². The van der Waals surface area contributed by atoms with E-state index in [0.29, 0.717) is 0 Å². The van der Waals surface area contributed by atoms with Crippen molar-refractivity contribution in [2.75, 3.05) is 0 Å². The van der Waals surface area contributed by atoms with Crippen LogP contribution >= 0.6 is 0 Å². The number of nitrogens with zero attached hydrogens (tertiary/aromatic N) is 1. The van der Waals surface area contributed by atoms with E-state index in [2.05, 4.69) is 4.98 Å². The molecule has 0 saturated carbocycles. The van der Waals surface area contributed by atoms with Crippen molar-refractivity contribution >= 4 is 17.9 Å². The van der Waals surface area contributed by atoms with Crippen LogP contribution in [0.5, 0.6) is 0 Å². The zero-order chi connectivity index (χ0) is 13.3. The van der Waals surface area contributed by atoms with Crippen LogP contribution in [-0.2, 0) is 0 Å². The van der Waals surface area contributed by atoms with Gasteiger partial charge in [-0.25, -0.2) is 19.4 Å². The number of aryl methyl sites for hydroxylation is 1. The van der Waals surface area contributed by atoms with E-state index >= 15 is 0 Å². The fourth-order valence-electron chi connectivity index (χ4n) is 1.59. The second-order valence-corrected chi connectivity index (χ2v) is 3.34. The maximum absolute atomic E-state index is 10.9. The van der Waals surface area contributed by atoms with Gasteiger partial charge in [0.25, 0.3) is 0 Å².